The number of nitrogens with zero attached hydrogens (tertiary/aromatic N) is 5. The Kier molecular flexibility index (Phi) is 3.21. The summed E-state index contributed by atoms with van der Waals surface area (Å²) in [6.07, 6.45) is 1.63. The lowest BCUT2D eigenvalue weighted by molar-refractivity contribution is 0.249. The van der Waals surface area contributed by atoms with Gasteiger partial charge in [-0.1, -0.05) is 6.07 Å². The number of hydrogen-bond acceptors (Lipinski definition) is 5. The van der Waals surface area contributed by atoms with Gasteiger partial charge in [0.15, 0.2) is 11.1 Å². The summed E-state index contributed by atoms with van der Waals surface area (Å²) >= 11 is 0. The highest BCUT2D eigenvalue weighted by Gasteiger charge is 2.14. The van der Waals surface area contributed by atoms with Crippen molar-refractivity contribution in [3.63, 3.8) is 0 Å². The highest BCUT2D eigenvalue weighted by atomic mass is 16.2. The number of carbonyl (C=O) groups is 1. The molecule has 0 aliphatic heterocycles. The summed E-state index contributed by atoms with van der Waals surface area (Å²) in [5.41, 5.74) is 6.81. The summed E-state index contributed by atoms with van der Waals surface area (Å²) in [4.78, 5) is 39.9. The van der Waals surface area contributed by atoms with E-state index < -0.39 is 17.3 Å². The first kappa shape index (κ1) is 14.5. The molecule has 0 aliphatic carbocycles. The Bertz CT molecular complexity index is 1140. The van der Waals surface area contributed by atoms with Gasteiger partial charge < -0.3 is 5.73 Å². The van der Waals surface area contributed by atoms with Crippen LogP contribution in [0, 0.1) is 0 Å². The molecule has 0 atom stereocenters. The third-order valence-electron chi connectivity index (χ3n) is 3.42. The van der Waals surface area contributed by atoms with Crippen LogP contribution < -0.4 is 27.9 Å². The van der Waals surface area contributed by atoms with Crippen molar-refractivity contribution in [3.8, 4) is 0 Å². The fourth-order valence-corrected chi connectivity index (χ4v) is 2.31. The molecule has 0 aromatic carbocycles. The van der Waals surface area contributed by atoms with E-state index in [-0.39, 0.29) is 16.5 Å². The molecule has 10 heteroatoms. The molecular weight excluding hydrogens is 302 g/mol. The lowest BCUT2D eigenvalue weighted by Gasteiger charge is -2.09. The largest absolute Gasteiger partial charge is 0.350 e. The average Bonchev–Trinajstić information content (AvgIpc) is 2.54. The summed E-state index contributed by atoms with van der Waals surface area (Å²) in [6, 6.07) is 4.28. The third kappa shape index (κ3) is 2.16. The van der Waals surface area contributed by atoms with E-state index in [1.165, 1.54) is 23.1 Å². The number of nitrogens with two attached hydrogens (primary N) is 1. The minimum absolute atomic E-state index is 0.0899. The second-order valence-electron chi connectivity index (χ2n) is 4.86. The van der Waals surface area contributed by atoms with Crippen LogP contribution in [0.5, 0.6) is 0 Å². The normalized spacial score (nSPS) is 12.0. The molecule has 0 saturated carbocycles. The monoisotopic (exact) mass is 315 g/mol. The van der Waals surface area contributed by atoms with Gasteiger partial charge in [-0.2, -0.15) is 5.10 Å². The van der Waals surface area contributed by atoms with Crippen LogP contribution in [0.2, 0.25) is 0 Å². The number of pyridine rings is 1. The predicted molar refractivity (Wildman–Crippen MR) is 81.5 cm³/mol. The van der Waals surface area contributed by atoms with Gasteiger partial charge in [0.1, 0.15) is 11.0 Å². The van der Waals surface area contributed by atoms with E-state index in [4.69, 9.17) is 5.73 Å². The minimum Gasteiger partial charge on any atom is -0.350 e. The van der Waals surface area contributed by atoms with Crippen LogP contribution in [0.15, 0.2) is 39.1 Å². The fourth-order valence-electron chi connectivity index (χ4n) is 2.31. The summed E-state index contributed by atoms with van der Waals surface area (Å²) in [5.74, 6) is 0. The number of rotatable bonds is 1. The van der Waals surface area contributed by atoms with E-state index in [1.54, 1.807) is 24.4 Å². The van der Waals surface area contributed by atoms with Gasteiger partial charge in [0.25, 0.3) is 5.56 Å². The Morgan fingerprint density at radius 2 is 2.00 bits per heavy atom. The summed E-state index contributed by atoms with van der Waals surface area (Å²) < 4.78 is 3.71. The highest BCUT2D eigenvalue weighted by molar-refractivity contribution is 5.75. The van der Waals surface area contributed by atoms with Gasteiger partial charge in [0.05, 0.1) is 0 Å². The summed E-state index contributed by atoms with van der Waals surface area (Å²) in [7, 11) is 2.86. The first-order valence-electron chi connectivity index (χ1n) is 6.58. The van der Waals surface area contributed by atoms with Crippen LogP contribution in [0.3, 0.4) is 0 Å². The molecule has 2 amide bonds. The van der Waals surface area contributed by atoms with E-state index in [1.807, 2.05) is 0 Å². The van der Waals surface area contributed by atoms with Gasteiger partial charge in [-0.15, -0.1) is 0 Å². The van der Waals surface area contributed by atoms with Gasteiger partial charge >= 0.3 is 11.7 Å². The number of nitrogens with one attached hydrogen (secondary N) is 1. The average molecular weight is 315 g/mol. The first-order chi connectivity index (χ1) is 10.9. The van der Waals surface area contributed by atoms with Crippen LogP contribution >= 0.6 is 0 Å². The second kappa shape index (κ2) is 5.09. The Morgan fingerprint density at radius 3 is 2.70 bits per heavy atom. The topological polar surface area (TPSA) is 129 Å². The van der Waals surface area contributed by atoms with Gasteiger partial charge in [0, 0.05) is 20.3 Å². The summed E-state index contributed by atoms with van der Waals surface area (Å²) in [5, 5.41) is 3.99. The van der Waals surface area contributed by atoms with Gasteiger partial charge in [-0.05, 0) is 12.1 Å². The molecule has 3 rings (SSSR count). The molecule has 3 aromatic rings. The minimum atomic E-state index is -0.874. The zero-order valence-corrected chi connectivity index (χ0v) is 12.3. The van der Waals surface area contributed by atoms with Crippen LogP contribution in [0.1, 0.15) is 0 Å². The molecule has 3 heterocycles. The van der Waals surface area contributed by atoms with Crippen molar-refractivity contribution in [1.82, 2.24) is 23.9 Å². The quantitative estimate of drug-likeness (QED) is 0.412. The lowest BCUT2D eigenvalue weighted by Crippen LogP contribution is -2.41. The third-order valence-corrected chi connectivity index (χ3v) is 3.42. The van der Waals surface area contributed by atoms with E-state index in [2.05, 4.69) is 15.5 Å². The Morgan fingerprint density at radius 1 is 1.26 bits per heavy atom. The molecule has 0 radical (unpaired) electrons. The predicted octanol–water partition coefficient (Wildman–Crippen LogP) is -1.63. The van der Waals surface area contributed by atoms with Gasteiger partial charge in [-0.25, -0.2) is 20.0 Å². The fraction of sp³-hybridized carbons (Fsp3) is 0.154. The van der Waals surface area contributed by atoms with Gasteiger partial charge in [0.2, 0.25) is 0 Å². The number of urea groups is 1. The van der Waals surface area contributed by atoms with E-state index in [0.717, 1.165) is 4.57 Å². The van der Waals surface area contributed by atoms with Crippen molar-refractivity contribution in [1.29, 1.82) is 0 Å². The maximum absolute atomic E-state index is 12.5. The van der Waals surface area contributed by atoms with Crippen LogP contribution in [-0.2, 0) is 14.1 Å². The zero-order valence-electron chi connectivity index (χ0n) is 12.3. The summed E-state index contributed by atoms with van der Waals surface area (Å²) in [6.45, 7) is 0. The van der Waals surface area contributed by atoms with Crippen molar-refractivity contribution in [2.45, 2.75) is 0 Å². The van der Waals surface area contributed by atoms with Crippen LogP contribution in [-0.4, -0.2) is 24.5 Å². The molecule has 0 fully saturated rings. The lowest BCUT2D eigenvalue weighted by atomic mass is 10.3. The molecule has 0 unspecified atom stereocenters. The van der Waals surface area contributed by atoms with Crippen molar-refractivity contribution in [2.24, 2.45) is 24.9 Å². The highest BCUT2D eigenvalue weighted by Crippen LogP contribution is 2.03. The molecule has 0 saturated heterocycles. The van der Waals surface area contributed by atoms with E-state index >= 15 is 0 Å². The number of aromatic nitrogens is 4. The smallest absolute Gasteiger partial charge is 0.332 e. The molecule has 118 valence electrons. The Balaban J connectivity index is 2.68. The molecule has 0 aliphatic rings. The molecule has 0 spiro atoms. The zero-order chi connectivity index (χ0) is 16.7. The standard InChI is InChI=1S/C13H13N7O3/c1-18-9-8(11(21)19(2)13(18)23)10(16-17-12(14)22)20-6-4-3-5-7(20)15-9/h3-6H,1-2H3,(H3,14,17,22)/b16-10-. The van der Waals surface area contributed by atoms with Crippen molar-refractivity contribution >= 4 is 22.7 Å². The molecule has 23 heavy (non-hydrogen) atoms. The maximum atomic E-state index is 12.5. The van der Waals surface area contributed by atoms with Gasteiger partial charge in [-0.3, -0.25) is 18.3 Å². The molecule has 0 bridgehead atoms. The SMILES string of the molecule is Cn1c(=O)c2/c(=N/NC(N)=O)n3ccccc3nc2n(C)c1=O. The molecule has 10 nitrogen and oxygen atoms in total. The number of aryl methyl sites for hydroxylation is 1. The van der Waals surface area contributed by atoms with E-state index in [9.17, 15) is 14.4 Å². The Hall–Kier alpha value is -3.43. The molecule has 3 N–H and O–H groups in total. The number of amides is 2. The molecule has 3 aromatic heterocycles. The van der Waals surface area contributed by atoms with Crippen molar-refractivity contribution in [2.75, 3.05) is 0 Å². The number of primary amides is 1. The van der Waals surface area contributed by atoms with Crippen molar-refractivity contribution in [3.05, 3.63) is 50.7 Å². The Labute approximate surface area is 128 Å². The number of carbonyl (C=O) groups excluding carboxylic acids is 1. The number of fused-ring (bicyclic) bond motifs is 2. The van der Waals surface area contributed by atoms with Crippen LogP contribution in [0.25, 0.3) is 16.7 Å². The second-order valence-corrected chi connectivity index (χ2v) is 4.86. The van der Waals surface area contributed by atoms with E-state index in [0.29, 0.717) is 5.65 Å². The van der Waals surface area contributed by atoms with Crippen molar-refractivity contribution < 1.29 is 4.79 Å². The molecular formula is C13H13N7O3. The maximum Gasteiger partial charge on any atom is 0.332 e. The first-order valence-corrected chi connectivity index (χ1v) is 6.58. The van der Waals surface area contributed by atoms with Crippen LogP contribution in [0.4, 0.5) is 4.79 Å². The number of hydrogen-bond donors (Lipinski definition) is 2.